The van der Waals surface area contributed by atoms with Crippen molar-refractivity contribution < 1.29 is 8.91 Å². The molecule has 31 heavy (non-hydrogen) atoms. The largest absolute Gasteiger partial charge is 0.363 e. The molecule has 0 bridgehead atoms. The van der Waals surface area contributed by atoms with E-state index in [1.165, 1.54) is 12.3 Å². The molecular weight excluding hydrogens is 395 g/mol. The van der Waals surface area contributed by atoms with Crippen molar-refractivity contribution in [1.82, 2.24) is 15.0 Å². The maximum atomic E-state index is 14.4. The maximum Gasteiger partial charge on any atom is 0.167 e. The van der Waals surface area contributed by atoms with Gasteiger partial charge in [-0.3, -0.25) is 0 Å². The Balaban J connectivity index is 1.32. The van der Waals surface area contributed by atoms with Crippen molar-refractivity contribution in [3.63, 3.8) is 0 Å². The first kappa shape index (κ1) is 18.8. The topological polar surface area (TPSA) is 93.0 Å². The zero-order chi connectivity index (χ0) is 21.4. The van der Waals surface area contributed by atoms with Gasteiger partial charge in [0.15, 0.2) is 17.4 Å². The van der Waals surface area contributed by atoms with Gasteiger partial charge in [-0.25, -0.2) is 9.37 Å². The first-order chi connectivity index (χ1) is 15.2. The van der Waals surface area contributed by atoms with Crippen LogP contribution in [0.2, 0.25) is 0 Å². The van der Waals surface area contributed by atoms with Crippen molar-refractivity contribution in [3.05, 3.63) is 77.0 Å². The normalized spacial score (nSPS) is 17.6. The molecule has 5 rings (SSSR count). The number of piperazine rings is 1. The molecule has 0 unspecified atom stereocenters. The quantitative estimate of drug-likeness (QED) is 0.646. The van der Waals surface area contributed by atoms with Gasteiger partial charge in [-0.2, -0.15) is 10.5 Å². The average Bonchev–Trinajstić information content (AvgIpc) is 3.45. The lowest BCUT2D eigenvalue weighted by atomic mass is 10.1. The molecule has 1 fully saturated rings. The van der Waals surface area contributed by atoms with Crippen LogP contribution in [-0.2, 0) is 0 Å². The third-order valence-corrected chi connectivity index (χ3v) is 5.68. The Morgan fingerprint density at radius 3 is 2.77 bits per heavy atom. The summed E-state index contributed by atoms with van der Waals surface area (Å²) >= 11 is 0. The van der Waals surface area contributed by atoms with E-state index in [1.54, 1.807) is 12.1 Å². The number of aromatic nitrogens is 2. The first-order valence-corrected chi connectivity index (χ1v) is 9.89. The van der Waals surface area contributed by atoms with Crippen molar-refractivity contribution in [2.75, 3.05) is 24.5 Å². The molecule has 0 N–H and O–H groups in total. The van der Waals surface area contributed by atoms with Gasteiger partial charge in [0.2, 0.25) is 0 Å². The van der Waals surface area contributed by atoms with E-state index < -0.39 is 5.82 Å². The van der Waals surface area contributed by atoms with E-state index in [1.807, 2.05) is 29.2 Å². The second-order valence-electron chi connectivity index (χ2n) is 7.51. The summed E-state index contributed by atoms with van der Waals surface area (Å²) in [4.78, 5) is 8.31. The fourth-order valence-corrected chi connectivity index (χ4v) is 4.16. The molecular formula is C23H17FN6O. The first-order valence-electron chi connectivity index (χ1n) is 9.89. The lowest BCUT2D eigenvalue weighted by Crippen LogP contribution is -2.44. The summed E-state index contributed by atoms with van der Waals surface area (Å²) in [6, 6.07) is 14.5. The van der Waals surface area contributed by atoms with E-state index in [2.05, 4.69) is 27.2 Å². The van der Waals surface area contributed by atoms with Crippen molar-refractivity contribution in [3.8, 4) is 23.5 Å². The van der Waals surface area contributed by atoms with Gasteiger partial charge in [-0.15, -0.1) is 0 Å². The van der Waals surface area contributed by atoms with Crippen LogP contribution in [0.4, 0.5) is 10.2 Å². The second kappa shape index (κ2) is 7.58. The SMILES string of the molecule is N#Cc1cccc(-c2cc([C@H]3CC=C4CN(c5ncc(C#N)cc5F)CCN43)no2)c1. The van der Waals surface area contributed by atoms with E-state index in [0.717, 1.165) is 23.4 Å². The monoisotopic (exact) mass is 412 g/mol. The number of halogens is 1. The van der Waals surface area contributed by atoms with Crippen molar-refractivity contribution in [2.45, 2.75) is 12.5 Å². The number of rotatable bonds is 3. The molecule has 8 heteroatoms. The fraction of sp³-hybridized carbons (Fsp3) is 0.217. The van der Waals surface area contributed by atoms with E-state index in [4.69, 9.17) is 15.0 Å². The number of benzene rings is 1. The molecule has 1 aromatic carbocycles. The van der Waals surface area contributed by atoms with Crippen LogP contribution in [0.5, 0.6) is 0 Å². The van der Waals surface area contributed by atoms with Gasteiger partial charge in [0.1, 0.15) is 11.8 Å². The Bertz CT molecular complexity index is 1270. The molecule has 0 spiro atoms. The van der Waals surface area contributed by atoms with Gasteiger partial charge in [0.25, 0.3) is 0 Å². The third kappa shape index (κ3) is 3.38. The van der Waals surface area contributed by atoms with Crippen molar-refractivity contribution in [2.24, 2.45) is 0 Å². The summed E-state index contributed by atoms with van der Waals surface area (Å²) in [7, 11) is 0. The van der Waals surface area contributed by atoms with Crippen molar-refractivity contribution in [1.29, 1.82) is 10.5 Å². The van der Waals surface area contributed by atoms with Gasteiger partial charge >= 0.3 is 0 Å². The molecule has 2 aromatic heterocycles. The minimum Gasteiger partial charge on any atom is -0.363 e. The van der Waals surface area contributed by atoms with Crippen LogP contribution in [0.1, 0.15) is 29.3 Å². The van der Waals surface area contributed by atoms with Gasteiger partial charge in [0.05, 0.1) is 29.8 Å². The predicted octanol–water partition coefficient (Wildman–Crippen LogP) is 3.77. The summed E-state index contributed by atoms with van der Waals surface area (Å²) in [6.45, 7) is 1.85. The number of nitriles is 2. The number of anilines is 1. The van der Waals surface area contributed by atoms with Gasteiger partial charge in [-0.1, -0.05) is 23.4 Å². The molecule has 2 aliphatic rings. The van der Waals surface area contributed by atoms with Crippen LogP contribution in [0.25, 0.3) is 11.3 Å². The third-order valence-electron chi connectivity index (χ3n) is 5.68. The molecule has 152 valence electrons. The highest BCUT2D eigenvalue weighted by molar-refractivity contribution is 5.60. The molecule has 7 nitrogen and oxygen atoms in total. The molecule has 0 saturated carbocycles. The van der Waals surface area contributed by atoms with Crippen LogP contribution in [-0.4, -0.2) is 34.7 Å². The highest BCUT2D eigenvalue weighted by Crippen LogP contribution is 2.38. The van der Waals surface area contributed by atoms with Crippen LogP contribution < -0.4 is 4.90 Å². The Morgan fingerprint density at radius 1 is 1.10 bits per heavy atom. The van der Waals surface area contributed by atoms with Crippen LogP contribution >= 0.6 is 0 Å². The lowest BCUT2D eigenvalue weighted by molar-refractivity contribution is 0.251. The Hall–Kier alpha value is -4.17. The Kier molecular flexibility index (Phi) is 4.61. The molecule has 1 saturated heterocycles. The molecule has 1 atom stereocenters. The summed E-state index contributed by atoms with van der Waals surface area (Å²) < 4.78 is 20.0. The molecule has 2 aliphatic heterocycles. The number of fused-ring (bicyclic) bond motifs is 1. The van der Waals surface area contributed by atoms with Gasteiger partial charge in [-0.05, 0) is 24.6 Å². The Labute approximate surface area is 178 Å². The minimum atomic E-state index is -0.483. The van der Waals surface area contributed by atoms with E-state index in [-0.39, 0.29) is 17.4 Å². The number of hydrogen-bond donors (Lipinski definition) is 0. The summed E-state index contributed by atoms with van der Waals surface area (Å²) in [5.74, 6) is 0.413. The molecule has 0 radical (unpaired) electrons. The van der Waals surface area contributed by atoms with Crippen LogP contribution in [0.3, 0.4) is 0 Å². The molecule has 0 amide bonds. The predicted molar refractivity (Wildman–Crippen MR) is 110 cm³/mol. The van der Waals surface area contributed by atoms with Gasteiger partial charge < -0.3 is 14.3 Å². The summed E-state index contributed by atoms with van der Waals surface area (Å²) in [6.07, 6.45) is 4.33. The molecule has 0 aliphatic carbocycles. The zero-order valence-electron chi connectivity index (χ0n) is 16.5. The summed E-state index contributed by atoms with van der Waals surface area (Å²) in [5, 5.41) is 22.3. The average molecular weight is 412 g/mol. The maximum absolute atomic E-state index is 14.4. The lowest BCUT2D eigenvalue weighted by Gasteiger charge is -2.39. The highest BCUT2D eigenvalue weighted by Gasteiger charge is 2.34. The summed E-state index contributed by atoms with van der Waals surface area (Å²) in [5.41, 5.74) is 3.52. The number of hydrogen-bond acceptors (Lipinski definition) is 7. The van der Waals surface area contributed by atoms with E-state index in [0.29, 0.717) is 31.0 Å². The van der Waals surface area contributed by atoms with Crippen LogP contribution in [0.15, 0.2) is 58.9 Å². The number of nitrogens with zero attached hydrogens (tertiary/aromatic N) is 6. The molecule has 4 heterocycles. The van der Waals surface area contributed by atoms with Crippen LogP contribution in [0, 0.1) is 28.5 Å². The molecule has 3 aromatic rings. The van der Waals surface area contributed by atoms with Crippen molar-refractivity contribution >= 4 is 5.82 Å². The van der Waals surface area contributed by atoms with Gasteiger partial charge in [0, 0.05) is 36.6 Å². The standard InChI is InChI=1S/C23H17FN6O/c24-19-9-16(12-26)13-27-23(19)29-6-7-30-18(14-29)4-5-21(30)20-10-22(31-28-20)17-3-1-2-15(8-17)11-25/h1-4,8-10,13,21H,5-7,14H2/t21-/m1/s1. The zero-order valence-corrected chi connectivity index (χ0v) is 16.5. The second-order valence-corrected chi connectivity index (χ2v) is 7.51. The smallest absolute Gasteiger partial charge is 0.167 e. The number of pyridine rings is 1. The fourth-order valence-electron chi connectivity index (χ4n) is 4.16. The van der Waals surface area contributed by atoms with E-state index in [9.17, 15) is 4.39 Å². The van der Waals surface area contributed by atoms with E-state index >= 15 is 0 Å². The highest BCUT2D eigenvalue weighted by atomic mass is 19.1. The minimum absolute atomic E-state index is 0.0626. The Morgan fingerprint density at radius 2 is 1.97 bits per heavy atom.